The molecular formula is C24H27FN4OS. The summed E-state index contributed by atoms with van der Waals surface area (Å²) in [6, 6.07) is 14.6. The Morgan fingerprint density at radius 2 is 1.74 bits per heavy atom. The molecule has 1 atom stereocenters. The van der Waals surface area contributed by atoms with Crippen LogP contribution in [0.15, 0.2) is 53.7 Å². The van der Waals surface area contributed by atoms with E-state index < -0.39 is 5.25 Å². The summed E-state index contributed by atoms with van der Waals surface area (Å²) in [7, 11) is 1.90. The molecule has 3 aromatic rings. The average molecular weight is 439 g/mol. The SMILES string of the molecule is Cn1c(SC(C(=O)NC2CC2)c2ccc(F)cc2)nnc1-c1ccc(C(C)(C)C)cc1. The van der Waals surface area contributed by atoms with Gasteiger partial charge in [-0.3, -0.25) is 4.79 Å². The number of nitrogens with one attached hydrogen (secondary N) is 1. The summed E-state index contributed by atoms with van der Waals surface area (Å²) in [5, 5.41) is 11.9. The second-order valence-corrected chi connectivity index (χ2v) is 10.1. The monoisotopic (exact) mass is 438 g/mol. The van der Waals surface area contributed by atoms with E-state index in [1.807, 2.05) is 11.6 Å². The summed E-state index contributed by atoms with van der Waals surface area (Å²) in [4.78, 5) is 12.9. The van der Waals surface area contributed by atoms with Crippen LogP contribution in [0.25, 0.3) is 11.4 Å². The van der Waals surface area contributed by atoms with Gasteiger partial charge < -0.3 is 9.88 Å². The zero-order valence-corrected chi connectivity index (χ0v) is 19.0. The van der Waals surface area contributed by atoms with Crippen LogP contribution in [0, 0.1) is 5.82 Å². The highest BCUT2D eigenvalue weighted by Crippen LogP contribution is 2.37. The molecule has 1 N–H and O–H groups in total. The number of halogens is 1. The van der Waals surface area contributed by atoms with Gasteiger partial charge in [0.05, 0.1) is 0 Å². The van der Waals surface area contributed by atoms with Gasteiger partial charge >= 0.3 is 0 Å². The summed E-state index contributed by atoms with van der Waals surface area (Å²) in [5.74, 6) is 0.330. The highest BCUT2D eigenvalue weighted by molar-refractivity contribution is 8.00. The Balaban J connectivity index is 1.60. The number of hydrogen-bond acceptors (Lipinski definition) is 4. The van der Waals surface area contributed by atoms with Crippen LogP contribution in [0.4, 0.5) is 4.39 Å². The molecule has 2 aromatic carbocycles. The molecule has 0 spiro atoms. The van der Waals surface area contributed by atoms with Gasteiger partial charge in [0.2, 0.25) is 5.91 Å². The van der Waals surface area contributed by atoms with E-state index in [9.17, 15) is 9.18 Å². The molecule has 4 rings (SSSR count). The Morgan fingerprint density at radius 3 is 2.32 bits per heavy atom. The highest BCUT2D eigenvalue weighted by atomic mass is 32.2. The summed E-state index contributed by atoms with van der Waals surface area (Å²) >= 11 is 1.33. The fourth-order valence-corrected chi connectivity index (χ4v) is 4.32. The van der Waals surface area contributed by atoms with Crippen LogP contribution in [-0.2, 0) is 17.3 Å². The predicted molar refractivity (Wildman–Crippen MR) is 121 cm³/mol. The summed E-state index contributed by atoms with van der Waals surface area (Å²) in [5.41, 5.74) is 3.04. The molecule has 0 saturated heterocycles. The number of nitrogens with zero attached hydrogens (tertiary/aromatic N) is 3. The number of thioether (sulfide) groups is 1. The summed E-state index contributed by atoms with van der Waals surface area (Å²) < 4.78 is 15.3. The number of aromatic nitrogens is 3. The van der Waals surface area contributed by atoms with Gasteiger partial charge in [-0.2, -0.15) is 0 Å². The zero-order valence-electron chi connectivity index (χ0n) is 18.2. The van der Waals surface area contributed by atoms with Gasteiger partial charge in [0.25, 0.3) is 0 Å². The molecule has 1 aliphatic rings. The molecule has 1 amide bonds. The predicted octanol–water partition coefficient (Wildman–Crippen LogP) is 5.03. The maximum Gasteiger partial charge on any atom is 0.238 e. The number of benzene rings is 2. The largest absolute Gasteiger partial charge is 0.352 e. The van der Waals surface area contributed by atoms with E-state index in [1.54, 1.807) is 12.1 Å². The lowest BCUT2D eigenvalue weighted by molar-refractivity contribution is -0.120. The van der Waals surface area contributed by atoms with Crippen LogP contribution in [0.5, 0.6) is 0 Å². The number of rotatable bonds is 6. The highest BCUT2D eigenvalue weighted by Gasteiger charge is 2.30. The van der Waals surface area contributed by atoms with Crippen LogP contribution >= 0.6 is 11.8 Å². The third kappa shape index (κ3) is 4.98. The Labute approximate surface area is 186 Å². The first-order valence-electron chi connectivity index (χ1n) is 10.4. The molecule has 5 nitrogen and oxygen atoms in total. The standard InChI is InChI=1S/C24H27FN4OS/c1-24(2,3)17-9-5-16(6-10-17)21-27-28-23(29(21)4)31-20(22(30)26-19-13-14-19)15-7-11-18(25)12-8-15/h5-12,19-20H,13-14H2,1-4H3,(H,26,30). The smallest absolute Gasteiger partial charge is 0.238 e. The van der Waals surface area contributed by atoms with Gasteiger partial charge in [-0.25, -0.2) is 4.39 Å². The molecule has 1 saturated carbocycles. The molecular weight excluding hydrogens is 411 g/mol. The normalized spacial score (nSPS) is 15.0. The van der Waals surface area contributed by atoms with Crippen molar-refractivity contribution in [3.63, 3.8) is 0 Å². The van der Waals surface area contributed by atoms with Crippen molar-refractivity contribution in [1.82, 2.24) is 20.1 Å². The van der Waals surface area contributed by atoms with E-state index in [1.165, 1.54) is 29.5 Å². The van der Waals surface area contributed by atoms with Crippen LogP contribution in [0.1, 0.15) is 50.0 Å². The van der Waals surface area contributed by atoms with Crippen molar-refractivity contribution in [3.05, 3.63) is 65.5 Å². The molecule has 1 fully saturated rings. The van der Waals surface area contributed by atoms with Gasteiger partial charge in [-0.15, -0.1) is 10.2 Å². The first-order valence-corrected chi connectivity index (χ1v) is 11.3. The van der Waals surface area contributed by atoms with Gasteiger partial charge in [-0.1, -0.05) is 68.9 Å². The van der Waals surface area contributed by atoms with E-state index >= 15 is 0 Å². The van der Waals surface area contributed by atoms with E-state index in [0.29, 0.717) is 5.16 Å². The van der Waals surface area contributed by atoms with Gasteiger partial charge in [0.15, 0.2) is 11.0 Å². The topological polar surface area (TPSA) is 59.8 Å². The van der Waals surface area contributed by atoms with Crippen molar-refractivity contribution in [2.45, 2.75) is 55.5 Å². The maximum absolute atomic E-state index is 13.4. The molecule has 0 bridgehead atoms. The van der Waals surface area contributed by atoms with Crippen molar-refractivity contribution in [2.75, 3.05) is 0 Å². The Hall–Kier alpha value is -2.67. The molecule has 0 radical (unpaired) electrons. The number of carbonyl (C=O) groups excluding carboxylic acids is 1. The quantitative estimate of drug-likeness (QED) is 0.549. The van der Waals surface area contributed by atoms with Crippen molar-refractivity contribution in [1.29, 1.82) is 0 Å². The Kier molecular flexibility index (Phi) is 5.88. The first kappa shape index (κ1) is 21.6. The van der Waals surface area contributed by atoms with Crippen LogP contribution in [0.3, 0.4) is 0 Å². The summed E-state index contributed by atoms with van der Waals surface area (Å²) in [6.07, 6.45) is 2.01. The Bertz CT molecular complexity index is 1070. The molecule has 162 valence electrons. The van der Waals surface area contributed by atoms with Crippen molar-refractivity contribution in [3.8, 4) is 11.4 Å². The molecule has 0 aliphatic heterocycles. The molecule has 1 unspecified atom stereocenters. The fraction of sp³-hybridized carbons (Fsp3) is 0.375. The van der Waals surface area contributed by atoms with Crippen LogP contribution in [0.2, 0.25) is 0 Å². The lowest BCUT2D eigenvalue weighted by Gasteiger charge is -2.19. The van der Waals surface area contributed by atoms with Crippen molar-refractivity contribution >= 4 is 17.7 Å². The molecule has 1 aliphatic carbocycles. The Morgan fingerprint density at radius 1 is 1.10 bits per heavy atom. The minimum absolute atomic E-state index is 0.0801. The van der Waals surface area contributed by atoms with Crippen LogP contribution in [-0.4, -0.2) is 26.7 Å². The lowest BCUT2D eigenvalue weighted by atomic mass is 9.87. The molecule has 1 heterocycles. The number of carbonyl (C=O) groups is 1. The lowest BCUT2D eigenvalue weighted by Crippen LogP contribution is -2.30. The zero-order chi connectivity index (χ0) is 22.2. The minimum Gasteiger partial charge on any atom is -0.352 e. The third-order valence-electron chi connectivity index (χ3n) is 5.40. The van der Waals surface area contributed by atoms with Gasteiger partial charge in [-0.05, 0) is 41.5 Å². The second-order valence-electron chi connectivity index (χ2n) is 9.02. The maximum atomic E-state index is 13.4. The van der Waals surface area contributed by atoms with Gasteiger partial charge in [0, 0.05) is 18.7 Å². The number of hydrogen-bond donors (Lipinski definition) is 1. The molecule has 7 heteroatoms. The third-order valence-corrected chi connectivity index (χ3v) is 6.69. The van der Waals surface area contributed by atoms with E-state index in [2.05, 4.69) is 60.6 Å². The van der Waals surface area contributed by atoms with Crippen LogP contribution < -0.4 is 5.32 Å². The van der Waals surface area contributed by atoms with E-state index in [4.69, 9.17) is 0 Å². The second kappa shape index (κ2) is 8.46. The van der Waals surface area contributed by atoms with E-state index in [-0.39, 0.29) is 23.2 Å². The fourth-order valence-electron chi connectivity index (χ4n) is 3.31. The van der Waals surface area contributed by atoms with Gasteiger partial charge in [0.1, 0.15) is 11.1 Å². The molecule has 1 aromatic heterocycles. The summed E-state index contributed by atoms with van der Waals surface area (Å²) in [6.45, 7) is 6.55. The van der Waals surface area contributed by atoms with Crippen molar-refractivity contribution in [2.24, 2.45) is 7.05 Å². The van der Waals surface area contributed by atoms with Crippen molar-refractivity contribution < 1.29 is 9.18 Å². The number of amides is 1. The minimum atomic E-state index is -0.528. The average Bonchev–Trinajstić information content (AvgIpc) is 3.47. The molecule has 31 heavy (non-hydrogen) atoms. The first-order chi connectivity index (χ1) is 14.7. The van der Waals surface area contributed by atoms with E-state index in [0.717, 1.165) is 29.8 Å².